The Morgan fingerprint density at radius 2 is 2.29 bits per heavy atom. The molecular weight excluding hydrogens is 218 g/mol. The molecule has 3 aromatic heterocycles. The van der Waals surface area contributed by atoms with Crippen LogP contribution >= 0.6 is 0 Å². The van der Waals surface area contributed by atoms with Crippen LogP contribution in [-0.4, -0.2) is 29.3 Å². The van der Waals surface area contributed by atoms with Crippen LogP contribution in [0.2, 0.25) is 0 Å². The third-order valence-corrected chi connectivity index (χ3v) is 2.64. The second-order valence-corrected chi connectivity index (χ2v) is 3.76. The van der Waals surface area contributed by atoms with Gasteiger partial charge in [0.15, 0.2) is 11.5 Å². The van der Waals surface area contributed by atoms with Crippen molar-refractivity contribution in [3.05, 3.63) is 30.5 Å². The zero-order chi connectivity index (χ0) is 11.8. The number of rotatable bonds is 2. The van der Waals surface area contributed by atoms with Crippen molar-refractivity contribution < 1.29 is 0 Å². The van der Waals surface area contributed by atoms with Crippen LogP contribution in [0.25, 0.3) is 11.2 Å². The smallest absolute Gasteiger partial charge is 0.202 e. The number of fused-ring (bicyclic) bond motifs is 1. The molecule has 2 N–H and O–H groups in total. The molecule has 0 aliphatic heterocycles. The molecule has 0 atom stereocenters. The van der Waals surface area contributed by atoms with Gasteiger partial charge in [0.05, 0.1) is 6.54 Å². The molecule has 17 heavy (non-hydrogen) atoms. The van der Waals surface area contributed by atoms with Crippen LogP contribution in [0, 0.1) is 0 Å². The number of aryl methyl sites for hydroxylation is 1. The van der Waals surface area contributed by atoms with Crippen molar-refractivity contribution >= 4 is 17.1 Å². The average molecular weight is 229 g/mol. The molecule has 86 valence electrons. The molecule has 0 aliphatic rings. The number of anilines is 1. The van der Waals surface area contributed by atoms with Crippen LogP contribution in [0.15, 0.2) is 24.7 Å². The van der Waals surface area contributed by atoms with E-state index in [-0.39, 0.29) is 0 Å². The minimum Gasteiger partial charge on any atom is -0.369 e. The predicted octanol–water partition coefficient (Wildman–Crippen LogP) is 0.190. The molecule has 3 rings (SSSR count). The van der Waals surface area contributed by atoms with E-state index in [0.29, 0.717) is 12.5 Å². The van der Waals surface area contributed by atoms with Crippen LogP contribution < -0.4 is 5.73 Å². The molecule has 0 saturated carbocycles. The standard InChI is InChI=1S/C10H11N7/c1-16-6-13-15-8(16)5-17-9-7(14-10(17)11)3-2-4-12-9/h2-4,6H,5H2,1H3,(H2,11,14). The molecule has 0 spiro atoms. The molecule has 0 bridgehead atoms. The summed E-state index contributed by atoms with van der Waals surface area (Å²) >= 11 is 0. The van der Waals surface area contributed by atoms with Gasteiger partial charge < -0.3 is 10.3 Å². The van der Waals surface area contributed by atoms with Gasteiger partial charge in [-0.15, -0.1) is 10.2 Å². The van der Waals surface area contributed by atoms with Crippen LogP contribution in [0.4, 0.5) is 5.95 Å². The number of nitrogens with zero attached hydrogens (tertiary/aromatic N) is 6. The fourth-order valence-corrected chi connectivity index (χ4v) is 1.72. The lowest BCUT2D eigenvalue weighted by atomic mass is 10.4. The van der Waals surface area contributed by atoms with Crippen molar-refractivity contribution in [2.24, 2.45) is 7.05 Å². The van der Waals surface area contributed by atoms with E-state index < -0.39 is 0 Å². The largest absolute Gasteiger partial charge is 0.369 e. The summed E-state index contributed by atoms with van der Waals surface area (Å²) in [6.45, 7) is 0.510. The van der Waals surface area contributed by atoms with Crippen molar-refractivity contribution in [3.8, 4) is 0 Å². The van der Waals surface area contributed by atoms with Crippen molar-refractivity contribution in [2.45, 2.75) is 6.54 Å². The minimum atomic E-state index is 0.432. The van der Waals surface area contributed by atoms with E-state index in [2.05, 4.69) is 20.2 Å². The highest BCUT2D eigenvalue weighted by Crippen LogP contribution is 2.15. The van der Waals surface area contributed by atoms with Gasteiger partial charge in [-0.25, -0.2) is 9.97 Å². The lowest BCUT2D eigenvalue weighted by Crippen LogP contribution is -2.09. The number of hydrogen-bond acceptors (Lipinski definition) is 5. The van der Waals surface area contributed by atoms with E-state index in [1.807, 2.05) is 28.3 Å². The van der Waals surface area contributed by atoms with Gasteiger partial charge in [-0.05, 0) is 12.1 Å². The highest BCUT2D eigenvalue weighted by atomic mass is 15.3. The molecule has 0 fully saturated rings. The molecule has 0 unspecified atom stereocenters. The first-order valence-corrected chi connectivity index (χ1v) is 5.15. The summed E-state index contributed by atoms with van der Waals surface area (Å²) in [4.78, 5) is 8.52. The predicted molar refractivity (Wildman–Crippen MR) is 62.0 cm³/mol. The summed E-state index contributed by atoms with van der Waals surface area (Å²) in [5.74, 6) is 1.24. The Kier molecular flexibility index (Phi) is 2.04. The van der Waals surface area contributed by atoms with E-state index in [1.54, 1.807) is 12.5 Å². The molecule has 0 saturated heterocycles. The highest BCUT2D eigenvalue weighted by molar-refractivity contribution is 5.73. The molecule has 0 radical (unpaired) electrons. The van der Waals surface area contributed by atoms with Crippen LogP contribution in [0.3, 0.4) is 0 Å². The summed E-state index contributed by atoms with van der Waals surface area (Å²) in [5, 5.41) is 7.85. The van der Waals surface area contributed by atoms with Gasteiger partial charge in [-0.2, -0.15) is 0 Å². The fourth-order valence-electron chi connectivity index (χ4n) is 1.72. The Morgan fingerprint density at radius 3 is 3.06 bits per heavy atom. The Bertz CT molecular complexity index is 666. The maximum Gasteiger partial charge on any atom is 0.202 e. The molecule has 7 heteroatoms. The lowest BCUT2D eigenvalue weighted by molar-refractivity contribution is 0.714. The number of aromatic nitrogens is 6. The van der Waals surface area contributed by atoms with E-state index in [9.17, 15) is 0 Å². The van der Waals surface area contributed by atoms with E-state index >= 15 is 0 Å². The number of imidazole rings is 1. The Labute approximate surface area is 96.9 Å². The Balaban J connectivity index is 2.11. The SMILES string of the molecule is Cn1cnnc1Cn1c(N)nc2cccnc21. The number of pyridine rings is 1. The topological polar surface area (TPSA) is 87.4 Å². The maximum absolute atomic E-state index is 5.87. The average Bonchev–Trinajstić information content (AvgIpc) is 2.85. The van der Waals surface area contributed by atoms with E-state index in [0.717, 1.165) is 17.0 Å². The zero-order valence-electron chi connectivity index (χ0n) is 9.28. The first-order valence-electron chi connectivity index (χ1n) is 5.15. The van der Waals surface area contributed by atoms with Gasteiger partial charge in [0.25, 0.3) is 0 Å². The maximum atomic E-state index is 5.87. The summed E-state index contributed by atoms with van der Waals surface area (Å²) < 4.78 is 3.66. The Morgan fingerprint density at radius 1 is 1.41 bits per heavy atom. The number of hydrogen-bond donors (Lipinski definition) is 1. The van der Waals surface area contributed by atoms with Crippen molar-refractivity contribution in [1.82, 2.24) is 29.3 Å². The third kappa shape index (κ3) is 1.52. The van der Waals surface area contributed by atoms with Crippen LogP contribution in [0.1, 0.15) is 5.82 Å². The second kappa shape index (κ2) is 3.55. The normalized spacial score (nSPS) is 11.1. The van der Waals surface area contributed by atoms with Gasteiger partial charge >= 0.3 is 0 Å². The van der Waals surface area contributed by atoms with E-state index in [1.165, 1.54) is 0 Å². The first-order chi connectivity index (χ1) is 8.25. The molecule has 3 aromatic rings. The molecule has 7 nitrogen and oxygen atoms in total. The van der Waals surface area contributed by atoms with Gasteiger partial charge in [0, 0.05) is 13.2 Å². The minimum absolute atomic E-state index is 0.432. The highest BCUT2D eigenvalue weighted by Gasteiger charge is 2.11. The molecule has 0 aromatic carbocycles. The zero-order valence-corrected chi connectivity index (χ0v) is 9.28. The molecule has 3 heterocycles. The van der Waals surface area contributed by atoms with Crippen molar-refractivity contribution in [2.75, 3.05) is 5.73 Å². The number of nitrogen functional groups attached to an aromatic ring is 1. The molecular formula is C10H11N7. The fraction of sp³-hybridized carbons (Fsp3) is 0.200. The van der Waals surface area contributed by atoms with Gasteiger partial charge in [-0.1, -0.05) is 0 Å². The first kappa shape index (κ1) is 9.76. The van der Waals surface area contributed by atoms with Crippen LogP contribution in [0.5, 0.6) is 0 Å². The Hall–Kier alpha value is -2.44. The summed E-state index contributed by atoms with van der Waals surface area (Å²) in [5.41, 5.74) is 7.42. The van der Waals surface area contributed by atoms with Gasteiger partial charge in [0.1, 0.15) is 11.8 Å². The summed E-state index contributed by atoms with van der Waals surface area (Å²) in [7, 11) is 1.89. The monoisotopic (exact) mass is 229 g/mol. The second-order valence-electron chi connectivity index (χ2n) is 3.76. The molecule has 0 amide bonds. The summed E-state index contributed by atoms with van der Waals surface area (Å²) in [6, 6.07) is 3.72. The van der Waals surface area contributed by atoms with Gasteiger partial charge in [-0.3, -0.25) is 4.57 Å². The lowest BCUT2D eigenvalue weighted by Gasteiger charge is -2.04. The van der Waals surface area contributed by atoms with Crippen molar-refractivity contribution in [1.29, 1.82) is 0 Å². The third-order valence-electron chi connectivity index (χ3n) is 2.64. The van der Waals surface area contributed by atoms with Crippen molar-refractivity contribution in [3.63, 3.8) is 0 Å². The van der Waals surface area contributed by atoms with Gasteiger partial charge in [0.2, 0.25) is 5.95 Å². The van der Waals surface area contributed by atoms with Crippen LogP contribution in [-0.2, 0) is 13.6 Å². The number of nitrogens with two attached hydrogens (primary N) is 1. The summed E-state index contributed by atoms with van der Waals surface area (Å²) in [6.07, 6.45) is 3.37. The quantitative estimate of drug-likeness (QED) is 0.677. The molecule has 0 aliphatic carbocycles. The van der Waals surface area contributed by atoms with E-state index in [4.69, 9.17) is 5.73 Å².